The number of carbonyl (C=O) groups is 2. The number of hydrogen-bond acceptors (Lipinski definition) is 4. The summed E-state index contributed by atoms with van der Waals surface area (Å²) in [4.78, 5) is 27.4. The molecule has 0 radical (unpaired) electrons. The van der Waals surface area contributed by atoms with Gasteiger partial charge in [-0.1, -0.05) is 12.2 Å². The molecule has 1 aliphatic rings. The number of allylic oxidation sites excluding steroid dienone is 2. The Morgan fingerprint density at radius 1 is 1.42 bits per heavy atom. The standard InChI is InChI=1S/C13H16N2O3S/c1-8-7-19-11(15-8)6-14-12(16)9-4-2-3-5-10(9)13(17)18/h2-3,7,9-10H,4-6H2,1H3,(H,14,16)(H,17,18)/t9-,10+/m1/s1. The number of amides is 1. The highest BCUT2D eigenvalue weighted by Crippen LogP contribution is 2.26. The van der Waals surface area contributed by atoms with Crippen LogP contribution in [0.5, 0.6) is 0 Å². The summed E-state index contributed by atoms with van der Waals surface area (Å²) >= 11 is 1.49. The molecule has 0 aromatic carbocycles. The van der Waals surface area contributed by atoms with Crippen molar-refractivity contribution < 1.29 is 14.7 Å². The van der Waals surface area contributed by atoms with E-state index in [-0.39, 0.29) is 5.91 Å². The minimum Gasteiger partial charge on any atom is -0.481 e. The van der Waals surface area contributed by atoms with Crippen LogP contribution in [0.15, 0.2) is 17.5 Å². The molecule has 0 saturated carbocycles. The maximum atomic E-state index is 12.1. The molecule has 1 heterocycles. The molecule has 0 fully saturated rings. The third-order valence-corrected chi connectivity index (χ3v) is 4.13. The van der Waals surface area contributed by atoms with E-state index in [1.807, 2.05) is 24.5 Å². The van der Waals surface area contributed by atoms with Gasteiger partial charge >= 0.3 is 5.97 Å². The Kier molecular flexibility index (Phi) is 4.31. The molecule has 2 N–H and O–H groups in total. The van der Waals surface area contributed by atoms with E-state index in [0.29, 0.717) is 19.4 Å². The van der Waals surface area contributed by atoms with E-state index in [4.69, 9.17) is 5.11 Å². The number of carbonyl (C=O) groups excluding carboxylic acids is 1. The van der Waals surface area contributed by atoms with Gasteiger partial charge in [-0.15, -0.1) is 11.3 Å². The van der Waals surface area contributed by atoms with E-state index in [9.17, 15) is 9.59 Å². The predicted molar refractivity (Wildman–Crippen MR) is 71.7 cm³/mol. The molecule has 5 nitrogen and oxygen atoms in total. The van der Waals surface area contributed by atoms with Gasteiger partial charge in [0.1, 0.15) is 5.01 Å². The number of nitrogens with zero attached hydrogens (tertiary/aromatic N) is 1. The van der Waals surface area contributed by atoms with E-state index in [1.54, 1.807) is 0 Å². The third kappa shape index (κ3) is 3.41. The molecule has 1 amide bonds. The van der Waals surface area contributed by atoms with E-state index >= 15 is 0 Å². The van der Waals surface area contributed by atoms with E-state index in [0.717, 1.165) is 10.7 Å². The Labute approximate surface area is 115 Å². The first-order valence-electron chi connectivity index (χ1n) is 6.14. The molecule has 2 atom stereocenters. The first kappa shape index (κ1) is 13.7. The van der Waals surface area contributed by atoms with E-state index < -0.39 is 17.8 Å². The number of thiazole rings is 1. The molecule has 6 heteroatoms. The van der Waals surface area contributed by atoms with Crippen molar-refractivity contribution >= 4 is 23.2 Å². The molecular weight excluding hydrogens is 264 g/mol. The second-order valence-electron chi connectivity index (χ2n) is 4.59. The van der Waals surface area contributed by atoms with Gasteiger partial charge in [-0.2, -0.15) is 0 Å². The van der Waals surface area contributed by atoms with Gasteiger partial charge < -0.3 is 10.4 Å². The maximum absolute atomic E-state index is 12.1. The highest BCUT2D eigenvalue weighted by atomic mass is 32.1. The van der Waals surface area contributed by atoms with Crippen LogP contribution < -0.4 is 5.32 Å². The molecule has 0 aliphatic heterocycles. The summed E-state index contributed by atoms with van der Waals surface area (Å²) in [6, 6.07) is 0. The monoisotopic (exact) mass is 280 g/mol. The fraction of sp³-hybridized carbons (Fsp3) is 0.462. The molecule has 0 unspecified atom stereocenters. The number of aliphatic carboxylic acids is 1. The molecule has 1 aliphatic carbocycles. The zero-order chi connectivity index (χ0) is 13.8. The molecule has 1 aromatic heterocycles. The van der Waals surface area contributed by atoms with Gasteiger partial charge in [0.05, 0.1) is 18.4 Å². The molecule has 2 rings (SSSR count). The SMILES string of the molecule is Cc1csc(CNC(=O)[C@@H]2CC=CC[C@@H]2C(=O)O)n1. The number of hydrogen-bond donors (Lipinski definition) is 2. The van der Waals surface area contributed by atoms with Crippen molar-refractivity contribution in [1.29, 1.82) is 0 Å². The first-order chi connectivity index (χ1) is 9.08. The summed E-state index contributed by atoms with van der Waals surface area (Å²) in [5.41, 5.74) is 0.929. The predicted octanol–water partition coefficient (Wildman–Crippen LogP) is 1.73. The lowest BCUT2D eigenvalue weighted by Crippen LogP contribution is -2.38. The first-order valence-corrected chi connectivity index (χ1v) is 7.02. The van der Waals surface area contributed by atoms with Crippen LogP contribution in [-0.2, 0) is 16.1 Å². The largest absolute Gasteiger partial charge is 0.481 e. The van der Waals surface area contributed by atoms with Crippen molar-refractivity contribution in [2.45, 2.75) is 26.3 Å². The number of carboxylic acids is 1. The van der Waals surface area contributed by atoms with Crippen LogP contribution in [0.25, 0.3) is 0 Å². The van der Waals surface area contributed by atoms with E-state index in [2.05, 4.69) is 10.3 Å². The second-order valence-corrected chi connectivity index (χ2v) is 5.54. The molecule has 0 saturated heterocycles. The fourth-order valence-electron chi connectivity index (χ4n) is 2.15. The van der Waals surface area contributed by atoms with Crippen LogP contribution in [-0.4, -0.2) is 22.0 Å². The lowest BCUT2D eigenvalue weighted by molar-refractivity contribution is -0.147. The number of aryl methyl sites for hydroxylation is 1. The van der Waals surface area contributed by atoms with Crippen molar-refractivity contribution in [3.8, 4) is 0 Å². The van der Waals surface area contributed by atoms with Crippen LogP contribution in [0.1, 0.15) is 23.5 Å². The summed E-state index contributed by atoms with van der Waals surface area (Å²) in [7, 11) is 0. The van der Waals surface area contributed by atoms with Crippen molar-refractivity contribution in [1.82, 2.24) is 10.3 Å². The van der Waals surface area contributed by atoms with Crippen molar-refractivity contribution in [2.24, 2.45) is 11.8 Å². The Morgan fingerprint density at radius 2 is 2.11 bits per heavy atom. The molecule has 19 heavy (non-hydrogen) atoms. The summed E-state index contributed by atoms with van der Waals surface area (Å²) in [6.45, 7) is 2.26. The van der Waals surface area contributed by atoms with Crippen LogP contribution in [0, 0.1) is 18.8 Å². The Bertz CT molecular complexity index is 510. The van der Waals surface area contributed by atoms with Gasteiger partial charge in [0, 0.05) is 11.1 Å². The summed E-state index contributed by atoms with van der Waals surface area (Å²) in [5.74, 6) is -2.22. The van der Waals surface area contributed by atoms with Gasteiger partial charge in [-0.3, -0.25) is 9.59 Å². The minimum absolute atomic E-state index is 0.204. The summed E-state index contributed by atoms with van der Waals surface area (Å²) < 4.78 is 0. The van der Waals surface area contributed by atoms with Crippen LogP contribution in [0.4, 0.5) is 0 Å². The smallest absolute Gasteiger partial charge is 0.307 e. The zero-order valence-electron chi connectivity index (χ0n) is 10.6. The number of rotatable bonds is 4. The lowest BCUT2D eigenvalue weighted by atomic mass is 9.82. The molecule has 1 aromatic rings. The van der Waals surface area contributed by atoms with Crippen LogP contribution in [0.3, 0.4) is 0 Å². The topological polar surface area (TPSA) is 79.3 Å². The van der Waals surface area contributed by atoms with Gasteiger partial charge in [-0.25, -0.2) is 4.98 Å². The minimum atomic E-state index is -0.908. The van der Waals surface area contributed by atoms with Gasteiger partial charge in [0.15, 0.2) is 0 Å². The van der Waals surface area contributed by atoms with Gasteiger partial charge in [0.25, 0.3) is 0 Å². The number of aromatic nitrogens is 1. The van der Waals surface area contributed by atoms with Crippen LogP contribution >= 0.6 is 11.3 Å². The Hall–Kier alpha value is -1.69. The highest BCUT2D eigenvalue weighted by molar-refractivity contribution is 7.09. The number of carboxylic acid groups (broad SMARTS) is 1. The third-order valence-electron chi connectivity index (χ3n) is 3.17. The maximum Gasteiger partial charge on any atom is 0.307 e. The van der Waals surface area contributed by atoms with Crippen molar-refractivity contribution in [3.63, 3.8) is 0 Å². The second kappa shape index (κ2) is 5.97. The summed E-state index contributed by atoms with van der Waals surface area (Å²) in [6.07, 6.45) is 4.60. The average molecular weight is 280 g/mol. The molecule has 0 bridgehead atoms. The molecule has 102 valence electrons. The zero-order valence-corrected chi connectivity index (χ0v) is 11.4. The quantitative estimate of drug-likeness (QED) is 0.823. The highest BCUT2D eigenvalue weighted by Gasteiger charge is 2.33. The van der Waals surface area contributed by atoms with Crippen molar-refractivity contribution in [2.75, 3.05) is 0 Å². The van der Waals surface area contributed by atoms with Gasteiger partial charge in [-0.05, 0) is 19.8 Å². The summed E-state index contributed by atoms with van der Waals surface area (Å²) in [5, 5.41) is 14.7. The van der Waals surface area contributed by atoms with E-state index in [1.165, 1.54) is 11.3 Å². The Balaban J connectivity index is 1.95. The van der Waals surface area contributed by atoms with Crippen LogP contribution in [0.2, 0.25) is 0 Å². The fourth-order valence-corrected chi connectivity index (χ4v) is 2.87. The molecule has 0 spiro atoms. The van der Waals surface area contributed by atoms with Crippen molar-refractivity contribution in [3.05, 3.63) is 28.2 Å². The molecular formula is C13H16N2O3S. The average Bonchev–Trinajstić information content (AvgIpc) is 2.81. The number of nitrogens with one attached hydrogen (secondary N) is 1. The normalized spacial score (nSPS) is 22.2. The Morgan fingerprint density at radius 3 is 2.68 bits per heavy atom. The lowest BCUT2D eigenvalue weighted by Gasteiger charge is -2.23. The van der Waals surface area contributed by atoms with Gasteiger partial charge in [0.2, 0.25) is 5.91 Å².